The maximum atomic E-state index is 12.0. The number of benzene rings is 2. The van der Waals surface area contributed by atoms with Crippen molar-refractivity contribution in [1.82, 2.24) is 16.2 Å². The van der Waals surface area contributed by atoms with Crippen molar-refractivity contribution in [2.75, 3.05) is 0 Å². The number of thiocarbonyl (C=S) groups is 1. The van der Waals surface area contributed by atoms with Crippen LogP contribution in [-0.2, 0) is 4.79 Å². The van der Waals surface area contributed by atoms with Gasteiger partial charge in [-0.05, 0) is 42.9 Å². The largest absolute Gasteiger partial charge is 0.298 e. The van der Waals surface area contributed by atoms with E-state index >= 15 is 0 Å². The molecule has 2 amide bonds. The van der Waals surface area contributed by atoms with Gasteiger partial charge >= 0.3 is 0 Å². The second-order valence-electron chi connectivity index (χ2n) is 5.56. The second-order valence-corrected chi connectivity index (χ2v) is 6.38. The highest BCUT2D eigenvalue weighted by molar-refractivity contribution is 7.80. The molecule has 0 aliphatic heterocycles. The van der Waals surface area contributed by atoms with E-state index in [9.17, 15) is 19.7 Å². The molecule has 2 aromatic rings. The lowest BCUT2D eigenvalue weighted by atomic mass is 10.1. The number of carbonyl (C=O) groups is 2. The summed E-state index contributed by atoms with van der Waals surface area (Å²) in [6.45, 7) is 1.96. The van der Waals surface area contributed by atoms with E-state index in [0.29, 0.717) is 0 Å². The lowest BCUT2D eigenvalue weighted by Crippen LogP contribution is -2.48. The van der Waals surface area contributed by atoms with E-state index in [1.807, 2.05) is 31.2 Å². The van der Waals surface area contributed by atoms with Crippen molar-refractivity contribution in [3.05, 3.63) is 80.4 Å². The summed E-state index contributed by atoms with van der Waals surface area (Å²) < 4.78 is 0. The van der Waals surface area contributed by atoms with E-state index in [2.05, 4.69) is 16.2 Å². The molecule has 0 aromatic heterocycles. The van der Waals surface area contributed by atoms with Crippen LogP contribution in [-0.4, -0.2) is 21.9 Å². The second kappa shape index (κ2) is 9.58. The number of rotatable bonds is 4. The first-order chi connectivity index (χ1) is 13.3. The molecule has 10 heteroatoms. The molecule has 0 saturated heterocycles. The first-order valence-corrected chi connectivity index (χ1v) is 8.65. The number of halogens is 1. The van der Waals surface area contributed by atoms with Crippen LogP contribution < -0.4 is 16.2 Å². The maximum absolute atomic E-state index is 12.0. The maximum Gasteiger partial charge on any atom is 0.288 e. The molecule has 0 atom stereocenters. The fourth-order valence-corrected chi connectivity index (χ4v) is 2.35. The molecule has 0 radical (unpaired) electrons. The molecular weight excluding hydrogens is 404 g/mol. The highest BCUT2D eigenvalue weighted by Gasteiger charge is 2.16. The summed E-state index contributed by atoms with van der Waals surface area (Å²) in [5.41, 5.74) is 6.13. The Balaban J connectivity index is 1.87. The molecular formula is C18H15ClN4O4S. The number of hydrogen-bond acceptors (Lipinski definition) is 5. The van der Waals surface area contributed by atoms with Crippen molar-refractivity contribution in [2.24, 2.45) is 0 Å². The molecule has 8 nitrogen and oxygen atoms in total. The fraction of sp³-hybridized carbons (Fsp3) is 0.0556. The summed E-state index contributed by atoms with van der Waals surface area (Å²) in [4.78, 5) is 34.0. The minimum absolute atomic E-state index is 0.00278. The lowest BCUT2D eigenvalue weighted by Gasteiger charge is -2.09. The van der Waals surface area contributed by atoms with Gasteiger partial charge in [0.15, 0.2) is 5.11 Å². The molecule has 0 aliphatic rings. The average molecular weight is 419 g/mol. The van der Waals surface area contributed by atoms with Crippen LogP contribution in [0.3, 0.4) is 0 Å². The number of nitrogens with zero attached hydrogens (tertiary/aromatic N) is 1. The topological polar surface area (TPSA) is 113 Å². The zero-order valence-electron chi connectivity index (χ0n) is 14.6. The van der Waals surface area contributed by atoms with Crippen LogP contribution in [0.5, 0.6) is 0 Å². The van der Waals surface area contributed by atoms with Gasteiger partial charge in [0.2, 0.25) is 5.91 Å². The van der Waals surface area contributed by atoms with Crippen LogP contribution in [0, 0.1) is 17.0 Å². The molecule has 3 N–H and O–H groups in total. The summed E-state index contributed by atoms with van der Waals surface area (Å²) in [7, 11) is 0. The molecule has 0 fully saturated rings. The van der Waals surface area contributed by atoms with Gasteiger partial charge in [0.25, 0.3) is 11.6 Å². The van der Waals surface area contributed by atoms with E-state index in [1.165, 1.54) is 18.2 Å². The standard InChI is InChI=1S/C18H15ClN4O4S/c1-11-2-4-12(5-3-11)6-9-16(24)20-18(28)22-21-17(25)13-7-8-14(19)15(10-13)23(26)27/h2-10H,1H3,(H,21,25)(H2,20,22,24,28). The molecule has 144 valence electrons. The van der Waals surface area contributed by atoms with Crippen LogP contribution >= 0.6 is 23.8 Å². The number of nitro groups is 1. The SMILES string of the molecule is Cc1ccc(C=CC(=O)NC(=S)NNC(=O)c2ccc(Cl)c([N+](=O)[O-])c2)cc1. The van der Waals surface area contributed by atoms with E-state index in [1.54, 1.807) is 6.08 Å². The quantitative estimate of drug-likeness (QED) is 0.304. The number of amides is 2. The number of hydrogen-bond donors (Lipinski definition) is 3. The van der Waals surface area contributed by atoms with E-state index < -0.39 is 22.4 Å². The van der Waals surface area contributed by atoms with Gasteiger partial charge in [-0.1, -0.05) is 41.4 Å². The molecule has 2 rings (SSSR count). The molecule has 28 heavy (non-hydrogen) atoms. The zero-order chi connectivity index (χ0) is 20.7. The van der Waals surface area contributed by atoms with Gasteiger partial charge in [0.1, 0.15) is 5.02 Å². The number of aryl methyl sites for hydroxylation is 1. The van der Waals surface area contributed by atoms with Gasteiger partial charge in [0.05, 0.1) is 4.92 Å². The smallest absolute Gasteiger partial charge is 0.288 e. The van der Waals surface area contributed by atoms with E-state index in [-0.39, 0.29) is 15.7 Å². The van der Waals surface area contributed by atoms with Crippen molar-refractivity contribution in [3.8, 4) is 0 Å². The summed E-state index contributed by atoms with van der Waals surface area (Å²) in [5, 5.41) is 13.0. The minimum atomic E-state index is -0.697. The molecule has 0 heterocycles. The van der Waals surface area contributed by atoms with Crippen LogP contribution in [0.4, 0.5) is 5.69 Å². The summed E-state index contributed by atoms with van der Waals surface area (Å²) in [6, 6.07) is 11.2. The molecule has 2 aromatic carbocycles. The zero-order valence-corrected chi connectivity index (χ0v) is 16.1. The summed E-state index contributed by atoms with van der Waals surface area (Å²) in [5.74, 6) is -1.18. The number of hydrazine groups is 1. The van der Waals surface area contributed by atoms with Crippen molar-refractivity contribution >= 4 is 52.5 Å². The van der Waals surface area contributed by atoms with Crippen LogP contribution in [0.25, 0.3) is 6.08 Å². The Kier molecular flexibility index (Phi) is 7.19. The lowest BCUT2D eigenvalue weighted by molar-refractivity contribution is -0.384. The van der Waals surface area contributed by atoms with Gasteiger partial charge in [-0.15, -0.1) is 0 Å². The normalized spacial score (nSPS) is 10.4. The molecule has 0 saturated carbocycles. The number of nitrogens with one attached hydrogen (secondary N) is 3. The van der Waals surface area contributed by atoms with Crippen molar-refractivity contribution in [2.45, 2.75) is 6.92 Å². The Bertz CT molecular complexity index is 961. The number of carbonyl (C=O) groups excluding carboxylic acids is 2. The molecule has 0 spiro atoms. The van der Waals surface area contributed by atoms with Crippen molar-refractivity contribution < 1.29 is 14.5 Å². The van der Waals surface area contributed by atoms with Crippen LogP contribution in [0.15, 0.2) is 48.5 Å². The van der Waals surface area contributed by atoms with Crippen LogP contribution in [0.1, 0.15) is 21.5 Å². The van der Waals surface area contributed by atoms with Gasteiger partial charge in [0, 0.05) is 17.7 Å². The van der Waals surface area contributed by atoms with Gasteiger partial charge in [-0.2, -0.15) is 0 Å². The molecule has 0 unspecified atom stereocenters. The van der Waals surface area contributed by atoms with E-state index in [4.69, 9.17) is 23.8 Å². The van der Waals surface area contributed by atoms with Gasteiger partial charge in [-0.3, -0.25) is 35.9 Å². The summed E-state index contributed by atoms with van der Waals surface area (Å²) >= 11 is 10.6. The highest BCUT2D eigenvalue weighted by atomic mass is 35.5. The Morgan fingerprint density at radius 3 is 2.46 bits per heavy atom. The fourth-order valence-electron chi connectivity index (χ4n) is 2.01. The number of nitro benzene ring substituents is 1. The van der Waals surface area contributed by atoms with Gasteiger partial charge in [-0.25, -0.2) is 0 Å². The third-order valence-electron chi connectivity index (χ3n) is 3.44. The Morgan fingerprint density at radius 1 is 1.14 bits per heavy atom. The Labute approximate surface area is 170 Å². The summed E-state index contributed by atoms with van der Waals surface area (Å²) in [6.07, 6.45) is 2.91. The minimum Gasteiger partial charge on any atom is -0.298 e. The molecule has 0 aliphatic carbocycles. The first kappa shape index (κ1) is 21.0. The van der Waals surface area contributed by atoms with Crippen LogP contribution in [0.2, 0.25) is 5.02 Å². The van der Waals surface area contributed by atoms with E-state index in [0.717, 1.165) is 17.2 Å². The third kappa shape index (κ3) is 6.15. The first-order valence-electron chi connectivity index (χ1n) is 7.86. The predicted octanol–water partition coefficient (Wildman–Crippen LogP) is 2.91. The predicted molar refractivity (Wildman–Crippen MR) is 110 cm³/mol. The monoisotopic (exact) mass is 418 g/mol. The Hall–Kier alpha value is -3.30. The average Bonchev–Trinajstić information content (AvgIpc) is 2.65. The highest BCUT2D eigenvalue weighted by Crippen LogP contribution is 2.24. The third-order valence-corrected chi connectivity index (χ3v) is 3.96. The Morgan fingerprint density at radius 2 is 1.82 bits per heavy atom. The van der Waals surface area contributed by atoms with Crippen molar-refractivity contribution in [1.29, 1.82) is 0 Å². The van der Waals surface area contributed by atoms with Crippen molar-refractivity contribution in [3.63, 3.8) is 0 Å². The van der Waals surface area contributed by atoms with Gasteiger partial charge < -0.3 is 0 Å². The molecule has 0 bridgehead atoms.